The van der Waals surface area contributed by atoms with Crippen molar-refractivity contribution in [3.63, 3.8) is 0 Å². The van der Waals surface area contributed by atoms with Crippen LogP contribution in [-0.2, 0) is 6.42 Å². The maximum absolute atomic E-state index is 6.21. The second-order valence-corrected chi connectivity index (χ2v) is 6.44. The molecule has 0 radical (unpaired) electrons. The van der Waals surface area contributed by atoms with Crippen LogP contribution < -0.4 is 0 Å². The Kier molecular flexibility index (Phi) is 4.57. The molecular weight excluding hydrogens is 307 g/mol. The van der Waals surface area contributed by atoms with Crippen LogP contribution in [0.25, 0.3) is 0 Å². The fraction of sp³-hybridized carbons (Fsp3) is 0.538. The number of rotatable bonds is 2. The van der Waals surface area contributed by atoms with Crippen LogP contribution in [0.4, 0.5) is 0 Å². The second-order valence-electron chi connectivity index (χ2n) is 4.48. The Morgan fingerprint density at radius 1 is 1.19 bits per heavy atom. The van der Waals surface area contributed by atoms with Gasteiger partial charge in [-0.3, -0.25) is 0 Å². The fourth-order valence-electron chi connectivity index (χ4n) is 2.38. The van der Waals surface area contributed by atoms with E-state index >= 15 is 0 Å². The summed E-state index contributed by atoms with van der Waals surface area (Å²) in [5, 5.41) is 1.40. The third kappa shape index (κ3) is 2.94. The highest BCUT2D eigenvalue weighted by Gasteiger charge is 2.23. The van der Waals surface area contributed by atoms with Crippen LogP contribution >= 0.6 is 39.1 Å². The SMILES string of the molecule is Clc1cccc(CC2CCCCC2Br)c1Cl. The largest absolute Gasteiger partial charge is 0.0888 e. The third-order valence-electron chi connectivity index (χ3n) is 3.33. The molecule has 1 aliphatic rings. The van der Waals surface area contributed by atoms with Gasteiger partial charge in [0.25, 0.3) is 0 Å². The van der Waals surface area contributed by atoms with Crippen LogP contribution in [0, 0.1) is 5.92 Å². The van der Waals surface area contributed by atoms with E-state index in [4.69, 9.17) is 23.2 Å². The van der Waals surface area contributed by atoms with Gasteiger partial charge in [0.1, 0.15) is 0 Å². The lowest BCUT2D eigenvalue weighted by Crippen LogP contribution is -2.21. The van der Waals surface area contributed by atoms with Crippen molar-refractivity contribution in [2.45, 2.75) is 36.9 Å². The van der Waals surface area contributed by atoms with Gasteiger partial charge in [-0.2, -0.15) is 0 Å². The lowest BCUT2D eigenvalue weighted by atomic mass is 9.85. The average molecular weight is 322 g/mol. The molecule has 2 atom stereocenters. The van der Waals surface area contributed by atoms with E-state index in [1.54, 1.807) is 0 Å². The number of benzene rings is 1. The normalized spacial score (nSPS) is 25.7. The maximum Gasteiger partial charge on any atom is 0.0624 e. The summed E-state index contributed by atoms with van der Waals surface area (Å²) < 4.78 is 0. The van der Waals surface area contributed by atoms with Gasteiger partial charge in [-0.25, -0.2) is 0 Å². The van der Waals surface area contributed by atoms with Crippen molar-refractivity contribution < 1.29 is 0 Å². The topological polar surface area (TPSA) is 0 Å². The Balaban J connectivity index is 2.10. The predicted molar refractivity (Wildman–Crippen MR) is 74.8 cm³/mol. The predicted octanol–water partition coefficient (Wildman–Crippen LogP) is 5.49. The fourth-order valence-corrected chi connectivity index (χ4v) is 3.55. The summed E-state index contributed by atoms with van der Waals surface area (Å²) in [4.78, 5) is 0.635. The molecule has 0 aliphatic heterocycles. The monoisotopic (exact) mass is 320 g/mol. The van der Waals surface area contributed by atoms with Crippen molar-refractivity contribution in [1.29, 1.82) is 0 Å². The zero-order chi connectivity index (χ0) is 11.5. The van der Waals surface area contributed by atoms with Crippen LogP contribution in [0.2, 0.25) is 10.0 Å². The molecule has 0 amide bonds. The molecule has 1 saturated carbocycles. The first kappa shape index (κ1) is 12.7. The van der Waals surface area contributed by atoms with Crippen molar-refractivity contribution in [3.8, 4) is 0 Å². The summed E-state index contributed by atoms with van der Waals surface area (Å²) in [5.41, 5.74) is 1.19. The number of alkyl halides is 1. The third-order valence-corrected chi connectivity index (χ3v) is 5.39. The summed E-state index contributed by atoms with van der Waals surface area (Å²) in [6, 6.07) is 5.91. The van der Waals surface area contributed by atoms with Crippen LogP contribution in [0.3, 0.4) is 0 Å². The maximum atomic E-state index is 6.21. The Bertz CT molecular complexity index is 365. The molecule has 88 valence electrons. The Morgan fingerprint density at radius 2 is 1.94 bits per heavy atom. The van der Waals surface area contributed by atoms with Crippen LogP contribution in [0.1, 0.15) is 31.2 Å². The molecule has 1 aromatic rings. The van der Waals surface area contributed by atoms with Gasteiger partial charge in [-0.1, -0.05) is 64.1 Å². The molecule has 16 heavy (non-hydrogen) atoms. The molecule has 0 nitrogen and oxygen atoms in total. The Hall–Kier alpha value is 0.280. The van der Waals surface area contributed by atoms with E-state index in [1.165, 1.54) is 31.2 Å². The van der Waals surface area contributed by atoms with Crippen molar-refractivity contribution in [2.75, 3.05) is 0 Å². The zero-order valence-electron chi connectivity index (χ0n) is 9.06. The minimum Gasteiger partial charge on any atom is -0.0888 e. The van der Waals surface area contributed by atoms with Crippen molar-refractivity contribution in [3.05, 3.63) is 33.8 Å². The summed E-state index contributed by atoms with van der Waals surface area (Å²) in [7, 11) is 0. The first-order valence-corrected chi connectivity index (χ1v) is 7.42. The molecule has 0 spiro atoms. The molecular formula is C13H15BrCl2. The molecule has 1 fully saturated rings. The van der Waals surface area contributed by atoms with Gasteiger partial charge in [0.05, 0.1) is 10.0 Å². The highest BCUT2D eigenvalue weighted by atomic mass is 79.9. The van der Waals surface area contributed by atoms with Gasteiger partial charge in [-0.15, -0.1) is 0 Å². The van der Waals surface area contributed by atoms with Crippen molar-refractivity contribution in [1.82, 2.24) is 0 Å². The van der Waals surface area contributed by atoms with E-state index in [0.717, 1.165) is 11.4 Å². The molecule has 1 aromatic carbocycles. The summed E-state index contributed by atoms with van der Waals surface area (Å²) in [6.07, 6.45) is 6.29. The van der Waals surface area contributed by atoms with E-state index in [2.05, 4.69) is 22.0 Å². The molecule has 0 saturated heterocycles. The highest BCUT2D eigenvalue weighted by Crippen LogP contribution is 2.35. The lowest BCUT2D eigenvalue weighted by molar-refractivity contribution is 0.373. The molecule has 0 N–H and O–H groups in total. The van der Waals surface area contributed by atoms with E-state index in [0.29, 0.717) is 15.8 Å². The minimum atomic E-state index is 0.635. The molecule has 0 heterocycles. The second kappa shape index (κ2) is 5.75. The van der Waals surface area contributed by atoms with Crippen LogP contribution in [0.15, 0.2) is 18.2 Å². The standard InChI is InChI=1S/C13H15BrCl2/c14-11-6-2-1-4-9(11)8-10-5-3-7-12(15)13(10)16/h3,5,7,9,11H,1-2,4,6,8H2. The average Bonchev–Trinajstić information content (AvgIpc) is 2.28. The molecule has 2 rings (SSSR count). The Morgan fingerprint density at radius 3 is 2.69 bits per heavy atom. The van der Waals surface area contributed by atoms with Gasteiger partial charge < -0.3 is 0 Å². The van der Waals surface area contributed by atoms with Crippen molar-refractivity contribution >= 4 is 39.1 Å². The van der Waals surface area contributed by atoms with Crippen molar-refractivity contribution in [2.24, 2.45) is 5.92 Å². The molecule has 0 bridgehead atoms. The van der Waals surface area contributed by atoms with E-state index < -0.39 is 0 Å². The van der Waals surface area contributed by atoms with Gasteiger partial charge in [0.15, 0.2) is 0 Å². The summed E-state index contributed by atoms with van der Waals surface area (Å²) >= 11 is 16.0. The molecule has 0 aromatic heterocycles. The van der Waals surface area contributed by atoms with Gasteiger partial charge in [0.2, 0.25) is 0 Å². The number of halogens is 3. The van der Waals surface area contributed by atoms with E-state index in [-0.39, 0.29) is 0 Å². The lowest BCUT2D eigenvalue weighted by Gasteiger charge is -2.27. The number of hydrogen-bond donors (Lipinski definition) is 0. The quantitative estimate of drug-likeness (QED) is 0.632. The highest BCUT2D eigenvalue weighted by molar-refractivity contribution is 9.09. The molecule has 2 unspecified atom stereocenters. The number of hydrogen-bond acceptors (Lipinski definition) is 0. The Labute approximate surface area is 115 Å². The minimum absolute atomic E-state index is 0.635. The summed E-state index contributed by atoms with van der Waals surface area (Å²) in [6.45, 7) is 0. The smallest absolute Gasteiger partial charge is 0.0624 e. The van der Waals surface area contributed by atoms with Gasteiger partial charge in [0, 0.05) is 4.83 Å². The van der Waals surface area contributed by atoms with Crippen LogP contribution in [-0.4, -0.2) is 4.83 Å². The van der Waals surface area contributed by atoms with Gasteiger partial charge in [-0.05, 0) is 36.8 Å². The first-order chi connectivity index (χ1) is 7.68. The van der Waals surface area contributed by atoms with E-state index in [9.17, 15) is 0 Å². The summed E-state index contributed by atoms with van der Waals surface area (Å²) in [5.74, 6) is 0.699. The first-order valence-electron chi connectivity index (χ1n) is 5.75. The van der Waals surface area contributed by atoms with E-state index in [1.807, 2.05) is 12.1 Å². The molecule has 1 aliphatic carbocycles. The van der Waals surface area contributed by atoms with Crippen LogP contribution in [0.5, 0.6) is 0 Å². The molecule has 3 heteroatoms. The zero-order valence-corrected chi connectivity index (χ0v) is 12.2. The van der Waals surface area contributed by atoms with Gasteiger partial charge >= 0.3 is 0 Å².